The first-order valence-corrected chi connectivity index (χ1v) is 9.42. The van der Waals surface area contributed by atoms with Gasteiger partial charge in [-0.05, 0) is 50.9 Å². The molecule has 136 valence electrons. The van der Waals surface area contributed by atoms with Crippen LogP contribution in [0.25, 0.3) is 6.08 Å². The summed E-state index contributed by atoms with van der Waals surface area (Å²) in [5, 5.41) is 0. The normalized spacial score (nSPS) is 14.3. The Morgan fingerprint density at radius 1 is 1.19 bits per heavy atom. The predicted octanol–water partition coefficient (Wildman–Crippen LogP) is 4.43. The topological polar surface area (TPSA) is 32.8 Å². The molecule has 0 saturated carbocycles. The molecule has 1 unspecified atom stereocenters. The van der Waals surface area contributed by atoms with Crippen molar-refractivity contribution in [3.05, 3.63) is 54.1 Å². The first kappa shape index (κ1) is 18.5. The lowest BCUT2D eigenvalue weighted by atomic mass is 10.1. The second-order valence-electron chi connectivity index (χ2n) is 6.54. The number of ether oxygens (including phenoxy) is 1. The molecular weight excluding hydrogens is 344 g/mol. The fourth-order valence-electron chi connectivity index (χ4n) is 2.89. The maximum atomic E-state index is 11.6. The average molecular weight is 369 g/mol. The van der Waals surface area contributed by atoms with Gasteiger partial charge in [-0.25, -0.2) is 4.79 Å². The van der Waals surface area contributed by atoms with Crippen LogP contribution in [0.4, 0.5) is 11.4 Å². The number of hydrogen-bond donors (Lipinski definition) is 0. The van der Waals surface area contributed by atoms with Crippen molar-refractivity contribution in [3.63, 3.8) is 0 Å². The number of likely N-dealkylation sites (N-methyl/N-ethyl adjacent to an activating group) is 1. The van der Waals surface area contributed by atoms with Gasteiger partial charge in [-0.1, -0.05) is 36.0 Å². The highest BCUT2D eigenvalue weighted by molar-refractivity contribution is 7.99. The van der Waals surface area contributed by atoms with Crippen LogP contribution in [0.1, 0.15) is 12.5 Å². The minimum Gasteiger partial charge on any atom is -0.466 e. The summed E-state index contributed by atoms with van der Waals surface area (Å²) < 4.78 is 4.74. The predicted molar refractivity (Wildman–Crippen MR) is 108 cm³/mol. The van der Waals surface area contributed by atoms with Crippen molar-refractivity contribution < 1.29 is 9.53 Å². The molecule has 0 saturated heterocycles. The van der Waals surface area contributed by atoms with Crippen LogP contribution in [-0.4, -0.2) is 44.7 Å². The van der Waals surface area contributed by atoms with E-state index in [1.54, 1.807) is 11.8 Å². The summed E-state index contributed by atoms with van der Waals surface area (Å²) in [4.78, 5) is 18.6. The van der Waals surface area contributed by atoms with Crippen LogP contribution < -0.4 is 4.90 Å². The van der Waals surface area contributed by atoms with Gasteiger partial charge in [-0.3, -0.25) is 0 Å². The zero-order valence-corrected chi connectivity index (χ0v) is 16.4. The molecule has 0 spiro atoms. The van der Waals surface area contributed by atoms with Crippen LogP contribution in [0.3, 0.4) is 0 Å². The van der Waals surface area contributed by atoms with E-state index in [2.05, 4.69) is 61.2 Å². The lowest BCUT2D eigenvalue weighted by Gasteiger charge is -2.37. The van der Waals surface area contributed by atoms with Crippen molar-refractivity contribution in [2.24, 2.45) is 0 Å². The molecule has 0 aromatic heterocycles. The molecule has 26 heavy (non-hydrogen) atoms. The van der Waals surface area contributed by atoms with Crippen molar-refractivity contribution in [1.29, 1.82) is 0 Å². The van der Waals surface area contributed by atoms with Gasteiger partial charge in [0.1, 0.15) is 0 Å². The van der Waals surface area contributed by atoms with Crippen LogP contribution in [0.15, 0.2) is 58.3 Å². The minimum atomic E-state index is -0.348. The molecule has 0 amide bonds. The smallest absolute Gasteiger partial charge is 0.330 e. The fraction of sp³-hybridized carbons (Fsp3) is 0.286. The van der Waals surface area contributed by atoms with E-state index in [4.69, 9.17) is 4.74 Å². The van der Waals surface area contributed by atoms with Gasteiger partial charge in [-0.15, -0.1) is 0 Å². The summed E-state index contributed by atoms with van der Waals surface area (Å²) >= 11 is 1.77. The molecule has 2 aromatic rings. The maximum Gasteiger partial charge on any atom is 0.330 e. The van der Waals surface area contributed by atoms with Gasteiger partial charge in [0, 0.05) is 28.5 Å². The third kappa shape index (κ3) is 3.79. The van der Waals surface area contributed by atoms with Crippen LogP contribution in [-0.2, 0) is 9.53 Å². The quantitative estimate of drug-likeness (QED) is 0.576. The monoisotopic (exact) mass is 368 g/mol. The maximum absolute atomic E-state index is 11.6. The van der Waals surface area contributed by atoms with Crippen molar-refractivity contribution in [1.82, 2.24) is 4.90 Å². The van der Waals surface area contributed by atoms with Gasteiger partial charge < -0.3 is 14.5 Å². The average Bonchev–Trinajstić information content (AvgIpc) is 2.65. The molecular formula is C21H24N2O2S. The number of esters is 1. The molecule has 3 rings (SSSR count). The highest BCUT2D eigenvalue weighted by atomic mass is 32.2. The lowest BCUT2D eigenvalue weighted by Crippen LogP contribution is -2.37. The van der Waals surface area contributed by atoms with Crippen molar-refractivity contribution in [3.8, 4) is 0 Å². The van der Waals surface area contributed by atoms with E-state index in [0.717, 1.165) is 17.8 Å². The van der Waals surface area contributed by atoms with E-state index in [1.807, 2.05) is 18.2 Å². The molecule has 1 aliphatic heterocycles. The van der Waals surface area contributed by atoms with E-state index in [1.165, 1.54) is 28.7 Å². The summed E-state index contributed by atoms with van der Waals surface area (Å²) in [7, 11) is 5.59. The number of benzene rings is 2. The van der Waals surface area contributed by atoms with Crippen LogP contribution in [0, 0.1) is 0 Å². The first-order valence-electron chi connectivity index (χ1n) is 8.61. The number of carbonyl (C=O) groups is 1. The molecule has 1 aliphatic rings. The third-order valence-electron chi connectivity index (χ3n) is 4.60. The van der Waals surface area contributed by atoms with E-state index < -0.39 is 0 Å². The molecule has 0 radical (unpaired) electrons. The summed E-state index contributed by atoms with van der Waals surface area (Å²) in [6, 6.07) is 15.1. The number of methoxy groups -OCH3 is 1. The highest BCUT2D eigenvalue weighted by Gasteiger charge is 2.26. The fourth-order valence-corrected chi connectivity index (χ4v) is 4.03. The molecule has 0 fully saturated rings. The highest BCUT2D eigenvalue weighted by Crippen LogP contribution is 2.49. The Hall–Kier alpha value is -2.24. The van der Waals surface area contributed by atoms with Crippen LogP contribution >= 0.6 is 11.8 Å². The number of rotatable bonds is 5. The first-order chi connectivity index (χ1) is 12.5. The van der Waals surface area contributed by atoms with Crippen molar-refractivity contribution in [2.45, 2.75) is 22.8 Å². The number of fused-ring (bicyclic) bond motifs is 2. The second kappa shape index (κ2) is 7.98. The Balaban J connectivity index is 2.09. The Kier molecular flexibility index (Phi) is 5.69. The largest absolute Gasteiger partial charge is 0.466 e. The zero-order chi connectivity index (χ0) is 18.7. The summed E-state index contributed by atoms with van der Waals surface area (Å²) in [6.07, 6.45) is 3.32. The second-order valence-corrected chi connectivity index (χ2v) is 7.63. The van der Waals surface area contributed by atoms with Crippen LogP contribution in [0.2, 0.25) is 0 Å². The summed E-state index contributed by atoms with van der Waals surface area (Å²) in [5.41, 5.74) is 3.36. The molecule has 0 bridgehead atoms. The van der Waals surface area contributed by atoms with Crippen molar-refractivity contribution >= 4 is 35.2 Å². The van der Waals surface area contributed by atoms with Gasteiger partial charge in [0.15, 0.2) is 0 Å². The third-order valence-corrected chi connectivity index (χ3v) is 5.72. The number of anilines is 2. The van der Waals surface area contributed by atoms with E-state index in [9.17, 15) is 4.79 Å². The van der Waals surface area contributed by atoms with E-state index >= 15 is 0 Å². The Morgan fingerprint density at radius 3 is 2.65 bits per heavy atom. The molecule has 4 nitrogen and oxygen atoms in total. The number of nitrogens with zero attached hydrogens (tertiary/aromatic N) is 2. The van der Waals surface area contributed by atoms with Crippen LogP contribution in [0.5, 0.6) is 0 Å². The Morgan fingerprint density at radius 2 is 1.92 bits per heavy atom. The van der Waals surface area contributed by atoms with Gasteiger partial charge in [0.2, 0.25) is 0 Å². The summed E-state index contributed by atoms with van der Waals surface area (Å²) in [5.74, 6) is -0.348. The Labute approximate surface area is 159 Å². The molecule has 1 heterocycles. The van der Waals surface area contributed by atoms with E-state index in [-0.39, 0.29) is 5.97 Å². The van der Waals surface area contributed by atoms with Gasteiger partial charge in [0.25, 0.3) is 0 Å². The Bertz CT molecular complexity index is 833. The number of hydrogen-bond acceptors (Lipinski definition) is 5. The lowest BCUT2D eigenvalue weighted by molar-refractivity contribution is -0.134. The zero-order valence-electron chi connectivity index (χ0n) is 15.6. The van der Waals surface area contributed by atoms with Gasteiger partial charge >= 0.3 is 5.97 Å². The standard InChI is InChI=1S/C21H24N2O2S/c1-15(22(2)3)14-23-17-9-5-6-10-18(17)26-19-11-7-8-16(21(19)23)12-13-20(24)25-4/h5-13,15H,14H2,1-4H3/b13-12+. The summed E-state index contributed by atoms with van der Waals surface area (Å²) in [6.45, 7) is 3.08. The molecule has 0 aliphatic carbocycles. The minimum absolute atomic E-state index is 0.348. The number of carbonyl (C=O) groups excluding carboxylic acids is 1. The molecule has 0 N–H and O–H groups in total. The molecule has 1 atom stereocenters. The molecule has 2 aromatic carbocycles. The van der Waals surface area contributed by atoms with Crippen molar-refractivity contribution in [2.75, 3.05) is 32.6 Å². The van der Waals surface area contributed by atoms with Gasteiger partial charge in [-0.2, -0.15) is 0 Å². The van der Waals surface area contributed by atoms with E-state index in [0.29, 0.717) is 6.04 Å². The molecule has 5 heteroatoms. The number of para-hydroxylation sites is 2. The SMILES string of the molecule is COC(=O)/C=C/c1cccc2c1N(CC(C)N(C)C)c1ccccc1S2. The van der Waals surface area contributed by atoms with Gasteiger partial charge in [0.05, 0.1) is 18.5 Å².